The fourth-order valence-corrected chi connectivity index (χ4v) is 2.95. The summed E-state index contributed by atoms with van der Waals surface area (Å²) in [5.74, 6) is -0.202. The van der Waals surface area contributed by atoms with Crippen molar-refractivity contribution in [2.24, 2.45) is 0 Å². The molecule has 1 aliphatic heterocycles. The van der Waals surface area contributed by atoms with Gasteiger partial charge in [0.05, 0.1) is 25.9 Å². The van der Waals surface area contributed by atoms with Gasteiger partial charge in [-0.05, 0) is 32.8 Å². The summed E-state index contributed by atoms with van der Waals surface area (Å²) in [6.07, 6.45) is 0.969. The van der Waals surface area contributed by atoms with Gasteiger partial charge in [-0.25, -0.2) is 0 Å². The van der Waals surface area contributed by atoms with E-state index < -0.39 is 5.60 Å². The molecule has 24 heavy (non-hydrogen) atoms. The first-order valence-corrected chi connectivity index (χ1v) is 8.48. The molecule has 134 valence electrons. The molecular formula is C19H29NO4. The summed E-state index contributed by atoms with van der Waals surface area (Å²) in [5.41, 5.74) is 0.697. The average Bonchev–Trinajstić information content (AvgIpc) is 2.86. The lowest BCUT2D eigenvalue weighted by Gasteiger charge is -2.25. The summed E-state index contributed by atoms with van der Waals surface area (Å²) in [6, 6.07) is 10.3. The van der Waals surface area contributed by atoms with Crippen molar-refractivity contribution in [3.05, 3.63) is 35.9 Å². The number of methoxy groups -OCH3 is 1. The third kappa shape index (κ3) is 6.23. The molecule has 0 N–H and O–H groups in total. The number of hydrogen-bond donors (Lipinski definition) is 0. The van der Waals surface area contributed by atoms with Gasteiger partial charge in [0.2, 0.25) is 0 Å². The van der Waals surface area contributed by atoms with Crippen LogP contribution in [-0.2, 0) is 25.6 Å². The molecule has 1 aromatic carbocycles. The van der Waals surface area contributed by atoms with Crippen LogP contribution in [0.4, 0.5) is 0 Å². The van der Waals surface area contributed by atoms with Crippen LogP contribution >= 0.6 is 0 Å². The van der Waals surface area contributed by atoms with Crippen molar-refractivity contribution in [1.29, 1.82) is 0 Å². The van der Waals surface area contributed by atoms with E-state index in [1.807, 2.05) is 39.0 Å². The number of ether oxygens (including phenoxy) is 3. The van der Waals surface area contributed by atoms with Gasteiger partial charge >= 0.3 is 5.97 Å². The van der Waals surface area contributed by atoms with Crippen molar-refractivity contribution in [3.63, 3.8) is 0 Å². The smallest absolute Gasteiger partial charge is 0.320 e. The Morgan fingerprint density at radius 3 is 2.58 bits per heavy atom. The lowest BCUT2D eigenvalue weighted by molar-refractivity contribution is -0.156. The molecule has 1 heterocycles. The minimum atomic E-state index is -0.462. The monoisotopic (exact) mass is 335 g/mol. The molecular weight excluding hydrogens is 306 g/mol. The first-order chi connectivity index (χ1) is 11.4. The number of benzene rings is 1. The Kier molecular flexibility index (Phi) is 6.78. The van der Waals surface area contributed by atoms with Crippen molar-refractivity contribution in [2.45, 2.75) is 51.5 Å². The van der Waals surface area contributed by atoms with Crippen molar-refractivity contribution in [1.82, 2.24) is 4.90 Å². The van der Waals surface area contributed by atoms with Gasteiger partial charge in [0.25, 0.3) is 0 Å². The zero-order chi connectivity index (χ0) is 17.6. The van der Waals surface area contributed by atoms with Gasteiger partial charge in [-0.2, -0.15) is 0 Å². The zero-order valence-corrected chi connectivity index (χ0v) is 15.2. The van der Waals surface area contributed by atoms with Crippen molar-refractivity contribution >= 4 is 5.97 Å². The SMILES string of the molecule is COC[C@@H]1CC(OCc2ccccc2)CN1CC(=O)OC(C)(C)C. The Bertz CT molecular complexity index is 512. The molecule has 0 radical (unpaired) electrons. The highest BCUT2D eigenvalue weighted by Gasteiger charge is 2.34. The molecule has 1 fully saturated rings. The molecule has 0 spiro atoms. The van der Waals surface area contributed by atoms with Crippen LogP contribution in [0, 0.1) is 0 Å². The average molecular weight is 335 g/mol. The number of carbonyl (C=O) groups is 1. The van der Waals surface area contributed by atoms with E-state index in [0.717, 1.165) is 18.5 Å². The molecule has 5 heteroatoms. The van der Waals surface area contributed by atoms with E-state index >= 15 is 0 Å². The van der Waals surface area contributed by atoms with E-state index in [1.54, 1.807) is 7.11 Å². The highest BCUT2D eigenvalue weighted by molar-refractivity contribution is 5.72. The van der Waals surface area contributed by atoms with E-state index in [4.69, 9.17) is 14.2 Å². The van der Waals surface area contributed by atoms with Crippen molar-refractivity contribution < 1.29 is 19.0 Å². The third-order valence-electron chi connectivity index (χ3n) is 3.93. The molecule has 0 amide bonds. The molecule has 1 aliphatic rings. The predicted molar refractivity (Wildman–Crippen MR) is 92.7 cm³/mol. The van der Waals surface area contributed by atoms with Crippen LogP contribution in [0.5, 0.6) is 0 Å². The molecule has 2 atom stereocenters. The highest BCUT2D eigenvalue weighted by atomic mass is 16.6. The van der Waals surface area contributed by atoms with E-state index in [2.05, 4.69) is 17.0 Å². The van der Waals surface area contributed by atoms with Crippen LogP contribution < -0.4 is 0 Å². The maximum absolute atomic E-state index is 12.1. The van der Waals surface area contributed by atoms with E-state index in [0.29, 0.717) is 13.2 Å². The minimum absolute atomic E-state index is 0.104. The summed E-state index contributed by atoms with van der Waals surface area (Å²) in [6.45, 7) is 7.82. The van der Waals surface area contributed by atoms with Gasteiger partial charge in [-0.3, -0.25) is 9.69 Å². The van der Waals surface area contributed by atoms with Crippen LogP contribution in [0.25, 0.3) is 0 Å². The molecule has 0 bridgehead atoms. The molecule has 1 aromatic rings. The quantitative estimate of drug-likeness (QED) is 0.717. The number of esters is 1. The summed E-state index contributed by atoms with van der Waals surface area (Å²) in [5, 5.41) is 0. The highest BCUT2D eigenvalue weighted by Crippen LogP contribution is 2.22. The standard InChI is InChI=1S/C19H29NO4/c1-19(2,3)24-18(21)12-20-11-17(10-16(20)14-22-4)23-13-15-8-6-5-7-9-15/h5-9,16-17H,10-14H2,1-4H3/t16-,17?/m0/s1. The largest absolute Gasteiger partial charge is 0.459 e. The fourth-order valence-electron chi connectivity index (χ4n) is 2.95. The van der Waals surface area contributed by atoms with Crippen LogP contribution in [0.2, 0.25) is 0 Å². The summed E-state index contributed by atoms with van der Waals surface area (Å²) >= 11 is 0. The van der Waals surface area contributed by atoms with Gasteiger partial charge in [0, 0.05) is 19.7 Å². The number of nitrogens with zero attached hydrogens (tertiary/aromatic N) is 1. The van der Waals surface area contributed by atoms with Crippen LogP contribution in [0.15, 0.2) is 30.3 Å². The molecule has 0 saturated carbocycles. The molecule has 5 nitrogen and oxygen atoms in total. The summed E-state index contributed by atoms with van der Waals surface area (Å²) < 4.78 is 16.8. The Labute approximate surface area is 144 Å². The lowest BCUT2D eigenvalue weighted by Crippen LogP contribution is -2.39. The van der Waals surface area contributed by atoms with Crippen LogP contribution in [0.1, 0.15) is 32.8 Å². The molecule has 0 aromatic heterocycles. The normalized spacial score (nSPS) is 21.8. The first-order valence-electron chi connectivity index (χ1n) is 8.48. The Morgan fingerprint density at radius 1 is 1.25 bits per heavy atom. The lowest BCUT2D eigenvalue weighted by atomic mass is 10.2. The van der Waals surface area contributed by atoms with Crippen LogP contribution in [0.3, 0.4) is 0 Å². The topological polar surface area (TPSA) is 48.0 Å². The van der Waals surface area contributed by atoms with Gasteiger partial charge in [-0.1, -0.05) is 30.3 Å². The minimum Gasteiger partial charge on any atom is -0.459 e. The maximum atomic E-state index is 12.1. The number of hydrogen-bond acceptors (Lipinski definition) is 5. The molecule has 0 aliphatic carbocycles. The second-order valence-corrected chi connectivity index (χ2v) is 7.28. The molecule has 1 unspecified atom stereocenters. The van der Waals surface area contributed by atoms with Crippen molar-refractivity contribution in [2.75, 3.05) is 26.8 Å². The number of likely N-dealkylation sites (tertiary alicyclic amines) is 1. The number of rotatable bonds is 7. The maximum Gasteiger partial charge on any atom is 0.320 e. The third-order valence-corrected chi connectivity index (χ3v) is 3.93. The predicted octanol–water partition coefficient (Wildman–Crippen LogP) is 2.63. The summed E-state index contributed by atoms with van der Waals surface area (Å²) in [7, 11) is 1.68. The number of carbonyl (C=O) groups excluding carboxylic acids is 1. The van der Waals surface area contributed by atoms with E-state index in [1.165, 1.54) is 0 Å². The van der Waals surface area contributed by atoms with E-state index in [9.17, 15) is 4.79 Å². The Morgan fingerprint density at radius 2 is 1.96 bits per heavy atom. The summed E-state index contributed by atoms with van der Waals surface area (Å²) in [4.78, 5) is 14.2. The van der Waals surface area contributed by atoms with Gasteiger partial charge in [-0.15, -0.1) is 0 Å². The van der Waals surface area contributed by atoms with E-state index in [-0.39, 0.29) is 24.7 Å². The Hall–Kier alpha value is -1.43. The second-order valence-electron chi connectivity index (χ2n) is 7.28. The molecule has 1 saturated heterocycles. The van der Waals surface area contributed by atoms with Crippen LogP contribution in [-0.4, -0.2) is 55.4 Å². The zero-order valence-electron chi connectivity index (χ0n) is 15.2. The first kappa shape index (κ1) is 18.9. The fraction of sp³-hybridized carbons (Fsp3) is 0.632. The van der Waals surface area contributed by atoms with Crippen molar-refractivity contribution in [3.8, 4) is 0 Å². The second kappa shape index (κ2) is 8.60. The van der Waals surface area contributed by atoms with Gasteiger partial charge in [0.15, 0.2) is 0 Å². The van der Waals surface area contributed by atoms with Gasteiger partial charge in [0.1, 0.15) is 5.60 Å². The molecule has 2 rings (SSSR count). The Balaban J connectivity index is 1.87. The van der Waals surface area contributed by atoms with Gasteiger partial charge < -0.3 is 14.2 Å².